The molecule has 3 fully saturated rings. The molecule has 0 heterocycles. The molecule has 0 aliphatic heterocycles. The molecule has 0 spiro atoms. The number of phenolic OH excluding ortho intramolecular Hbond substituents is 2. The molecule has 1 aromatic rings. The van der Waals surface area contributed by atoms with Gasteiger partial charge in [-0.3, -0.25) is 24.0 Å². The molecule has 0 unspecified atom stereocenters. The Labute approximate surface area is 250 Å². The Kier molecular flexibility index (Phi) is 8.28. The second-order valence-electron chi connectivity index (χ2n) is 13.3. The summed E-state index contributed by atoms with van der Waals surface area (Å²) >= 11 is 0. The minimum atomic E-state index is -1.79. The summed E-state index contributed by atoms with van der Waals surface area (Å²) in [5, 5.41) is 33.4. The van der Waals surface area contributed by atoms with E-state index >= 15 is 0 Å². The van der Waals surface area contributed by atoms with Crippen molar-refractivity contribution in [2.45, 2.75) is 83.7 Å². The van der Waals surface area contributed by atoms with Gasteiger partial charge in [0.1, 0.15) is 11.4 Å². The summed E-state index contributed by atoms with van der Waals surface area (Å²) in [6.45, 7) is 3.55. The van der Waals surface area contributed by atoms with Crippen LogP contribution in [-0.4, -0.2) is 63.3 Å². The molecule has 4 N–H and O–H groups in total. The topological polar surface area (TPSA) is 167 Å². The van der Waals surface area contributed by atoms with Crippen LogP contribution in [0.2, 0.25) is 0 Å². The van der Waals surface area contributed by atoms with Gasteiger partial charge in [-0.2, -0.15) is 0 Å². The number of benzene rings is 1. The van der Waals surface area contributed by atoms with Gasteiger partial charge in [0.05, 0.1) is 6.42 Å². The fourth-order valence-corrected chi connectivity index (χ4v) is 8.56. The Balaban J connectivity index is 1.13. The van der Waals surface area contributed by atoms with Crippen molar-refractivity contribution in [1.82, 2.24) is 5.32 Å². The first kappa shape index (κ1) is 30.9. The Morgan fingerprint density at radius 3 is 2.53 bits per heavy atom. The number of aromatic hydroxyl groups is 2. The summed E-state index contributed by atoms with van der Waals surface area (Å²) in [6, 6.07) is 4.39. The number of nitrogens with one attached hydrogen (secondary N) is 1. The highest BCUT2D eigenvalue weighted by molar-refractivity contribution is 5.95. The minimum Gasteiger partial charge on any atom is -0.504 e. The lowest BCUT2D eigenvalue weighted by molar-refractivity contribution is -0.173. The van der Waals surface area contributed by atoms with Crippen LogP contribution in [0.25, 0.3) is 0 Å². The van der Waals surface area contributed by atoms with Crippen LogP contribution in [0.3, 0.4) is 0 Å². The van der Waals surface area contributed by atoms with Crippen LogP contribution in [0, 0.1) is 28.6 Å². The van der Waals surface area contributed by atoms with Crippen LogP contribution >= 0.6 is 0 Å². The molecule has 0 aromatic heterocycles. The second-order valence-corrected chi connectivity index (χ2v) is 13.3. The molecule has 43 heavy (non-hydrogen) atoms. The SMILES string of the molecule is C[C@]12CCC(=O)C=C1CC[C@@H]1[C@H]2C(=O)C[C@@]2(C)[C@H]1CC[C@]2(O)C(=O)COC(=O)CCC(=O)NCCc1ccc(O)c(O)c1. The van der Waals surface area contributed by atoms with E-state index in [0.29, 0.717) is 31.2 Å². The molecule has 0 saturated heterocycles. The number of Topliss-reactive ketones (excluding diaryl/α,β-unsaturated/α-hetero) is 2. The van der Waals surface area contributed by atoms with Crippen LogP contribution in [0.15, 0.2) is 29.8 Å². The molecule has 0 bridgehead atoms. The fraction of sp³-hybridized carbons (Fsp3) is 0.606. The summed E-state index contributed by atoms with van der Waals surface area (Å²) in [5.74, 6) is -2.31. The molecular weight excluding hydrogens is 554 g/mol. The number of hydrogen-bond acceptors (Lipinski definition) is 9. The number of fused-ring (bicyclic) bond motifs is 5. The highest BCUT2D eigenvalue weighted by atomic mass is 16.5. The number of hydrogen-bond donors (Lipinski definition) is 4. The minimum absolute atomic E-state index is 0.0178. The summed E-state index contributed by atoms with van der Waals surface area (Å²) in [4.78, 5) is 63.7. The zero-order chi connectivity index (χ0) is 31.2. The van der Waals surface area contributed by atoms with Crippen molar-refractivity contribution < 1.29 is 44.0 Å². The molecule has 4 aliphatic rings. The van der Waals surface area contributed by atoms with Gasteiger partial charge in [-0.15, -0.1) is 0 Å². The highest BCUT2D eigenvalue weighted by Gasteiger charge is 2.68. The first-order valence-electron chi connectivity index (χ1n) is 15.2. The van der Waals surface area contributed by atoms with Crippen LogP contribution in [0.5, 0.6) is 11.5 Å². The summed E-state index contributed by atoms with van der Waals surface area (Å²) in [5.41, 5.74) is -1.35. The number of aliphatic hydroxyl groups is 1. The van der Waals surface area contributed by atoms with E-state index in [1.165, 1.54) is 12.1 Å². The van der Waals surface area contributed by atoms with E-state index in [4.69, 9.17) is 4.74 Å². The molecule has 4 aliphatic carbocycles. The average Bonchev–Trinajstić information content (AvgIpc) is 3.23. The number of phenols is 2. The third-order valence-electron chi connectivity index (χ3n) is 11.0. The van der Waals surface area contributed by atoms with E-state index in [1.807, 2.05) is 6.92 Å². The third kappa shape index (κ3) is 5.50. The van der Waals surface area contributed by atoms with Gasteiger partial charge >= 0.3 is 5.97 Å². The number of esters is 1. The molecule has 6 atom stereocenters. The number of amides is 1. The third-order valence-corrected chi connectivity index (χ3v) is 11.0. The highest BCUT2D eigenvalue weighted by Crippen LogP contribution is 2.66. The van der Waals surface area contributed by atoms with Gasteiger partial charge in [-0.25, -0.2) is 0 Å². The Bertz CT molecular complexity index is 1380. The van der Waals surface area contributed by atoms with E-state index in [-0.39, 0.29) is 84.4 Å². The van der Waals surface area contributed by atoms with Crippen LogP contribution in [0.1, 0.15) is 77.2 Å². The lowest BCUT2D eigenvalue weighted by atomic mass is 9.46. The number of carbonyl (C=O) groups is 5. The molecule has 10 heteroatoms. The molecule has 232 valence electrons. The number of rotatable bonds is 9. The number of carbonyl (C=O) groups excluding carboxylic acids is 5. The van der Waals surface area contributed by atoms with Crippen molar-refractivity contribution in [3.8, 4) is 11.5 Å². The van der Waals surface area contributed by atoms with Gasteiger partial charge in [0, 0.05) is 37.1 Å². The zero-order valence-electron chi connectivity index (χ0n) is 24.8. The Hall–Kier alpha value is -3.53. The van der Waals surface area contributed by atoms with Gasteiger partial charge in [0.15, 0.2) is 23.9 Å². The summed E-state index contributed by atoms with van der Waals surface area (Å²) in [7, 11) is 0. The van der Waals surface area contributed by atoms with Gasteiger partial charge in [0.2, 0.25) is 11.7 Å². The van der Waals surface area contributed by atoms with Crippen molar-refractivity contribution in [2.24, 2.45) is 28.6 Å². The smallest absolute Gasteiger partial charge is 0.306 e. The fourth-order valence-electron chi connectivity index (χ4n) is 8.56. The number of allylic oxidation sites excluding steroid dienone is 1. The molecule has 3 saturated carbocycles. The monoisotopic (exact) mass is 595 g/mol. The first-order chi connectivity index (χ1) is 20.3. The lowest BCUT2D eigenvalue weighted by Gasteiger charge is -2.57. The summed E-state index contributed by atoms with van der Waals surface area (Å²) < 4.78 is 5.18. The van der Waals surface area contributed by atoms with Crippen LogP contribution in [0.4, 0.5) is 0 Å². The number of ether oxygens (including phenoxy) is 1. The van der Waals surface area contributed by atoms with Crippen molar-refractivity contribution in [3.05, 3.63) is 35.4 Å². The van der Waals surface area contributed by atoms with Crippen molar-refractivity contribution in [1.29, 1.82) is 0 Å². The van der Waals surface area contributed by atoms with E-state index in [2.05, 4.69) is 12.2 Å². The van der Waals surface area contributed by atoms with Crippen molar-refractivity contribution in [3.63, 3.8) is 0 Å². The molecule has 1 aromatic carbocycles. The van der Waals surface area contributed by atoms with Gasteiger partial charge in [-0.1, -0.05) is 25.5 Å². The number of ketones is 3. The standard InChI is InChI=1S/C33H41NO9/c1-31-12-9-21(35)16-20(31)4-5-22-23-10-13-33(42,32(23,2)17-26(38)30(22)31)27(39)18-43-29(41)8-7-28(40)34-14-11-19-3-6-24(36)25(37)15-19/h3,6,15-16,22-23,30,36-37,42H,4-5,7-14,17-18H2,1-2H3,(H,34,40)/t22-,23-,30-,31-,32-,33-/m0/s1. The van der Waals surface area contributed by atoms with Crippen molar-refractivity contribution in [2.75, 3.05) is 13.2 Å². The summed E-state index contributed by atoms with van der Waals surface area (Å²) in [6.07, 6.45) is 5.18. The molecule has 1 amide bonds. The maximum atomic E-state index is 13.7. The quantitative estimate of drug-likeness (QED) is 0.248. The maximum Gasteiger partial charge on any atom is 0.306 e. The van der Waals surface area contributed by atoms with Gasteiger partial charge in [0.25, 0.3) is 0 Å². The molecular formula is C33H41NO9. The van der Waals surface area contributed by atoms with E-state index in [1.54, 1.807) is 12.1 Å². The van der Waals surface area contributed by atoms with Crippen LogP contribution < -0.4 is 5.32 Å². The largest absolute Gasteiger partial charge is 0.504 e. The lowest BCUT2D eigenvalue weighted by Crippen LogP contribution is -2.61. The molecule has 0 radical (unpaired) electrons. The van der Waals surface area contributed by atoms with Gasteiger partial charge in [-0.05, 0) is 79.5 Å². The van der Waals surface area contributed by atoms with E-state index in [9.17, 15) is 39.3 Å². The Morgan fingerprint density at radius 1 is 1.02 bits per heavy atom. The predicted molar refractivity (Wildman–Crippen MR) is 154 cm³/mol. The first-order valence-corrected chi connectivity index (χ1v) is 15.2. The maximum absolute atomic E-state index is 13.7. The average molecular weight is 596 g/mol. The van der Waals surface area contributed by atoms with Gasteiger partial charge < -0.3 is 25.4 Å². The molecule has 5 rings (SSSR count). The Morgan fingerprint density at radius 2 is 1.79 bits per heavy atom. The van der Waals surface area contributed by atoms with E-state index < -0.39 is 29.4 Å². The second kappa shape index (κ2) is 11.5. The van der Waals surface area contributed by atoms with Crippen molar-refractivity contribution >= 4 is 29.2 Å². The van der Waals surface area contributed by atoms with E-state index in [0.717, 1.165) is 18.4 Å². The molecule has 10 nitrogen and oxygen atoms in total. The predicted octanol–water partition coefficient (Wildman–Crippen LogP) is 3.09. The van der Waals surface area contributed by atoms with Crippen LogP contribution in [-0.2, 0) is 35.1 Å². The normalized spacial score (nSPS) is 33.1. The zero-order valence-corrected chi connectivity index (χ0v) is 24.8.